The molecule has 7 heteroatoms. The van der Waals surface area contributed by atoms with E-state index in [9.17, 15) is 16.8 Å². The smallest absolute Gasteiger partial charge is 0.217 e. The van der Waals surface area contributed by atoms with Crippen LogP contribution in [0, 0.1) is 0 Å². The predicted molar refractivity (Wildman–Crippen MR) is 49.7 cm³/mol. The van der Waals surface area contributed by atoms with Gasteiger partial charge in [0, 0.05) is 14.1 Å². The number of nitrogens with zero attached hydrogens (tertiary/aromatic N) is 1. The van der Waals surface area contributed by atoms with Crippen molar-refractivity contribution in [2.45, 2.75) is 11.7 Å². The fourth-order valence-electron chi connectivity index (χ4n) is 1.29. The molecule has 1 aliphatic heterocycles. The van der Waals surface area contributed by atoms with E-state index in [2.05, 4.69) is 0 Å². The van der Waals surface area contributed by atoms with Crippen LogP contribution in [0.15, 0.2) is 0 Å². The molecule has 1 heterocycles. The summed E-state index contributed by atoms with van der Waals surface area (Å²) < 4.78 is 46.1. The van der Waals surface area contributed by atoms with E-state index in [1.54, 1.807) is 0 Å². The summed E-state index contributed by atoms with van der Waals surface area (Å²) in [7, 11) is -3.68. The molecule has 0 radical (unpaired) electrons. The standard InChI is InChI=1S/C6H13NO4S2/c1-7(2)13(10,11)6-3-4-12(8,9)5-6/h6H,3-5H2,1-2H3/t6-/m0/s1. The third kappa shape index (κ3) is 2.21. The van der Waals surface area contributed by atoms with Crippen LogP contribution >= 0.6 is 0 Å². The first kappa shape index (κ1) is 10.9. The van der Waals surface area contributed by atoms with Crippen LogP contribution < -0.4 is 0 Å². The highest BCUT2D eigenvalue weighted by Gasteiger charge is 2.38. The fourth-order valence-corrected chi connectivity index (χ4v) is 5.31. The number of rotatable bonds is 2. The summed E-state index contributed by atoms with van der Waals surface area (Å²) >= 11 is 0. The summed E-state index contributed by atoms with van der Waals surface area (Å²) in [5.41, 5.74) is 0. The lowest BCUT2D eigenvalue weighted by molar-refractivity contribution is 0.508. The molecule has 1 aliphatic rings. The van der Waals surface area contributed by atoms with Crippen LogP contribution in [0.5, 0.6) is 0 Å². The van der Waals surface area contributed by atoms with Crippen molar-refractivity contribution in [3.63, 3.8) is 0 Å². The summed E-state index contributed by atoms with van der Waals surface area (Å²) in [5.74, 6) is -0.238. The fraction of sp³-hybridized carbons (Fsp3) is 1.00. The first-order valence-electron chi connectivity index (χ1n) is 3.87. The van der Waals surface area contributed by atoms with Gasteiger partial charge in [-0.3, -0.25) is 0 Å². The molecule has 5 nitrogen and oxygen atoms in total. The average Bonchev–Trinajstić information content (AvgIpc) is 2.30. The molecule has 0 aromatic carbocycles. The summed E-state index contributed by atoms with van der Waals surface area (Å²) in [6.07, 6.45) is 0.225. The maximum Gasteiger partial charge on any atom is 0.217 e. The maximum absolute atomic E-state index is 11.5. The Bertz CT molecular complexity index is 381. The Morgan fingerprint density at radius 3 is 2.15 bits per heavy atom. The Labute approximate surface area is 78.7 Å². The lowest BCUT2D eigenvalue weighted by Crippen LogP contribution is -2.34. The lowest BCUT2D eigenvalue weighted by Gasteiger charge is -2.15. The molecule has 0 aliphatic carbocycles. The molecule has 13 heavy (non-hydrogen) atoms. The van der Waals surface area contributed by atoms with Gasteiger partial charge in [-0.1, -0.05) is 0 Å². The van der Waals surface area contributed by atoms with Crippen molar-refractivity contribution in [2.24, 2.45) is 0 Å². The normalized spacial score (nSPS) is 28.1. The van der Waals surface area contributed by atoms with Gasteiger partial charge in [0.05, 0.1) is 16.8 Å². The van der Waals surface area contributed by atoms with Crippen LogP contribution in [0.2, 0.25) is 0 Å². The molecule has 78 valence electrons. The molecular weight excluding hydrogens is 214 g/mol. The van der Waals surface area contributed by atoms with Crippen LogP contribution in [0.4, 0.5) is 0 Å². The second-order valence-corrected chi connectivity index (χ2v) is 8.01. The average molecular weight is 227 g/mol. The molecule has 0 spiro atoms. The predicted octanol–water partition coefficient (Wildman–Crippen LogP) is -0.935. The molecule has 0 amide bonds. The minimum Gasteiger partial charge on any atom is -0.229 e. The zero-order valence-electron chi connectivity index (χ0n) is 7.60. The molecule has 0 unspecified atom stereocenters. The molecule has 1 rings (SSSR count). The van der Waals surface area contributed by atoms with E-state index in [1.807, 2.05) is 0 Å². The summed E-state index contributed by atoms with van der Waals surface area (Å²) in [5, 5.41) is -0.743. The Morgan fingerprint density at radius 1 is 1.31 bits per heavy atom. The third-order valence-electron chi connectivity index (χ3n) is 2.12. The van der Waals surface area contributed by atoms with E-state index >= 15 is 0 Å². The highest BCUT2D eigenvalue weighted by Crippen LogP contribution is 2.20. The highest BCUT2D eigenvalue weighted by molar-refractivity contribution is 7.95. The Hall–Kier alpha value is -0.140. The zero-order valence-corrected chi connectivity index (χ0v) is 9.23. The number of hydrogen-bond acceptors (Lipinski definition) is 4. The number of hydrogen-bond donors (Lipinski definition) is 0. The van der Waals surface area contributed by atoms with Gasteiger partial charge in [-0.25, -0.2) is 21.1 Å². The van der Waals surface area contributed by atoms with Crippen LogP contribution in [0.25, 0.3) is 0 Å². The summed E-state index contributed by atoms with van der Waals surface area (Å²) in [6.45, 7) is 0. The van der Waals surface area contributed by atoms with Crippen molar-refractivity contribution in [1.82, 2.24) is 4.31 Å². The van der Waals surface area contributed by atoms with Crippen LogP contribution in [-0.4, -0.2) is 52.0 Å². The van der Waals surface area contributed by atoms with E-state index < -0.39 is 25.1 Å². The molecule has 1 atom stereocenters. The molecule has 0 saturated carbocycles. The van der Waals surface area contributed by atoms with Crippen molar-refractivity contribution in [1.29, 1.82) is 0 Å². The van der Waals surface area contributed by atoms with Gasteiger partial charge in [0.2, 0.25) is 10.0 Å². The Kier molecular flexibility index (Phi) is 2.70. The molecule has 0 bridgehead atoms. The minimum atomic E-state index is -3.39. The van der Waals surface area contributed by atoms with Gasteiger partial charge in [0.25, 0.3) is 0 Å². The van der Waals surface area contributed by atoms with Gasteiger partial charge in [-0.15, -0.1) is 0 Å². The SMILES string of the molecule is CN(C)S(=O)(=O)[C@H]1CCS(=O)(=O)C1. The van der Waals surface area contributed by atoms with Gasteiger partial charge >= 0.3 is 0 Å². The molecule has 0 aromatic heterocycles. The van der Waals surface area contributed by atoms with E-state index in [1.165, 1.54) is 14.1 Å². The van der Waals surface area contributed by atoms with Crippen LogP contribution in [0.1, 0.15) is 6.42 Å². The molecule has 1 saturated heterocycles. The summed E-state index contributed by atoms with van der Waals surface area (Å²) in [6, 6.07) is 0. The van der Waals surface area contributed by atoms with Crippen LogP contribution in [0.3, 0.4) is 0 Å². The molecule has 0 aromatic rings. The number of sulfone groups is 1. The zero-order chi connectivity index (χ0) is 10.3. The highest BCUT2D eigenvalue weighted by atomic mass is 32.2. The first-order valence-corrected chi connectivity index (χ1v) is 7.20. The lowest BCUT2D eigenvalue weighted by atomic mass is 10.4. The second-order valence-electron chi connectivity index (χ2n) is 3.35. The second kappa shape index (κ2) is 3.21. The maximum atomic E-state index is 11.5. The molecule has 1 fully saturated rings. The summed E-state index contributed by atoms with van der Waals surface area (Å²) in [4.78, 5) is 0. The van der Waals surface area contributed by atoms with Crippen molar-refractivity contribution in [3.8, 4) is 0 Å². The topological polar surface area (TPSA) is 71.5 Å². The minimum absolute atomic E-state index is 0.00919. The van der Waals surface area contributed by atoms with E-state index in [0.717, 1.165) is 4.31 Å². The monoisotopic (exact) mass is 227 g/mol. The quantitative estimate of drug-likeness (QED) is 0.610. The van der Waals surface area contributed by atoms with Crippen molar-refractivity contribution in [2.75, 3.05) is 25.6 Å². The van der Waals surface area contributed by atoms with Gasteiger partial charge < -0.3 is 0 Å². The Balaban J connectivity index is 2.90. The first-order chi connectivity index (χ1) is 5.76. The Morgan fingerprint density at radius 2 is 1.85 bits per heavy atom. The van der Waals surface area contributed by atoms with E-state index in [-0.39, 0.29) is 17.9 Å². The van der Waals surface area contributed by atoms with Gasteiger partial charge in [0.1, 0.15) is 0 Å². The van der Waals surface area contributed by atoms with Crippen molar-refractivity contribution in [3.05, 3.63) is 0 Å². The molecule has 0 N–H and O–H groups in total. The van der Waals surface area contributed by atoms with Gasteiger partial charge in [-0.05, 0) is 6.42 Å². The third-order valence-corrected chi connectivity index (χ3v) is 6.36. The largest absolute Gasteiger partial charge is 0.229 e. The molecular formula is C6H13NO4S2. The van der Waals surface area contributed by atoms with Gasteiger partial charge in [0.15, 0.2) is 9.84 Å². The van der Waals surface area contributed by atoms with E-state index in [0.29, 0.717) is 0 Å². The van der Waals surface area contributed by atoms with Crippen molar-refractivity contribution < 1.29 is 16.8 Å². The van der Waals surface area contributed by atoms with E-state index in [4.69, 9.17) is 0 Å². The van der Waals surface area contributed by atoms with Crippen LogP contribution in [-0.2, 0) is 19.9 Å². The van der Waals surface area contributed by atoms with Gasteiger partial charge in [-0.2, -0.15) is 0 Å². The number of sulfonamides is 1. The van der Waals surface area contributed by atoms with Crippen molar-refractivity contribution >= 4 is 19.9 Å².